The summed E-state index contributed by atoms with van der Waals surface area (Å²) < 4.78 is 1.61. The fraction of sp³-hybridized carbons (Fsp3) is 0.389. The molecule has 0 aliphatic carbocycles. The van der Waals surface area contributed by atoms with Gasteiger partial charge in [-0.3, -0.25) is 14.3 Å². The SMILES string of the molecule is CCC(C)C(=O)Nc1cccc(NC(=O)c2cn(C)nc2C)c1C. The van der Waals surface area contributed by atoms with Crippen molar-refractivity contribution in [3.63, 3.8) is 0 Å². The molecule has 0 aliphatic rings. The van der Waals surface area contributed by atoms with Crippen LogP contribution in [0, 0.1) is 19.8 Å². The summed E-state index contributed by atoms with van der Waals surface area (Å²) in [6, 6.07) is 5.46. The van der Waals surface area contributed by atoms with E-state index in [-0.39, 0.29) is 17.7 Å². The molecule has 0 saturated carbocycles. The number of hydrogen-bond acceptors (Lipinski definition) is 3. The van der Waals surface area contributed by atoms with Crippen LogP contribution in [0.4, 0.5) is 11.4 Å². The molecule has 6 nitrogen and oxygen atoms in total. The lowest BCUT2D eigenvalue weighted by molar-refractivity contribution is -0.119. The number of benzene rings is 1. The van der Waals surface area contributed by atoms with Crippen molar-refractivity contribution < 1.29 is 9.59 Å². The van der Waals surface area contributed by atoms with Gasteiger partial charge in [0, 0.05) is 30.5 Å². The minimum atomic E-state index is -0.214. The number of amides is 2. The maximum Gasteiger partial charge on any atom is 0.259 e. The Morgan fingerprint density at radius 1 is 1.21 bits per heavy atom. The average Bonchev–Trinajstić information content (AvgIpc) is 2.88. The van der Waals surface area contributed by atoms with Crippen LogP contribution in [-0.2, 0) is 11.8 Å². The van der Waals surface area contributed by atoms with E-state index in [2.05, 4.69) is 15.7 Å². The summed E-state index contributed by atoms with van der Waals surface area (Å²) in [7, 11) is 1.78. The zero-order valence-corrected chi connectivity index (χ0v) is 14.8. The van der Waals surface area contributed by atoms with Crippen molar-refractivity contribution in [1.82, 2.24) is 9.78 Å². The fourth-order valence-corrected chi connectivity index (χ4v) is 2.36. The molecule has 1 heterocycles. The molecule has 0 aliphatic heterocycles. The second kappa shape index (κ2) is 7.29. The highest BCUT2D eigenvalue weighted by atomic mass is 16.2. The van der Waals surface area contributed by atoms with Crippen LogP contribution in [0.3, 0.4) is 0 Å². The average molecular weight is 328 g/mol. The molecule has 128 valence electrons. The Kier molecular flexibility index (Phi) is 5.39. The van der Waals surface area contributed by atoms with Crippen LogP contribution < -0.4 is 10.6 Å². The largest absolute Gasteiger partial charge is 0.326 e. The molecular weight excluding hydrogens is 304 g/mol. The van der Waals surface area contributed by atoms with Gasteiger partial charge in [-0.2, -0.15) is 5.10 Å². The zero-order valence-electron chi connectivity index (χ0n) is 14.8. The molecule has 2 aromatic rings. The third-order valence-electron chi connectivity index (χ3n) is 4.16. The van der Waals surface area contributed by atoms with Gasteiger partial charge < -0.3 is 10.6 Å². The van der Waals surface area contributed by atoms with Gasteiger partial charge in [-0.05, 0) is 38.0 Å². The van der Waals surface area contributed by atoms with Crippen LogP contribution in [0.2, 0.25) is 0 Å². The summed E-state index contributed by atoms with van der Waals surface area (Å²) in [6.07, 6.45) is 2.47. The molecule has 1 aromatic heterocycles. The van der Waals surface area contributed by atoms with Gasteiger partial charge in [0.25, 0.3) is 5.91 Å². The molecule has 0 spiro atoms. The lowest BCUT2D eigenvalue weighted by Crippen LogP contribution is -2.20. The molecule has 2 N–H and O–H groups in total. The molecule has 0 bridgehead atoms. The third-order valence-corrected chi connectivity index (χ3v) is 4.16. The van der Waals surface area contributed by atoms with Crippen molar-refractivity contribution in [2.24, 2.45) is 13.0 Å². The minimum absolute atomic E-state index is 0.0211. The van der Waals surface area contributed by atoms with Crippen LogP contribution in [0.15, 0.2) is 24.4 Å². The van der Waals surface area contributed by atoms with Gasteiger partial charge in [0.15, 0.2) is 0 Å². The Morgan fingerprint density at radius 2 is 1.83 bits per heavy atom. The Morgan fingerprint density at radius 3 is 2.38 bits per heavy atom. The first-order valence-electron chi connectivity index (χ1n) is 8.05. The number of rotatable bonds is 5. The summed E-state index contributed by atoms with van der Waals surface area (Å²) in [6.45, 7) is 7.54. The highest BCUT2D eigenvalue weighted by Gasteiger charge is 2.16. The van der Waals surface area contributed by atoms with Crippen LogP contribution >= 0.6 is 0 Å². The first kappa shape index (κ1) is 17.7. The van der Waals surface area contributed by atoms with Crippen molar-refractivity contribution in [2.75, 3.05) is 10.6 Å². The van der Waals surface area contributed by atoms with Crippen molar-refractivity contribution in [3.05, 3.63) is 41.2 Å². The summed E-state index contributed by atoms with van der Waals surface area (Å²) in [4.78, 5) is 24.5. The van der Waals surface area contributed by atoms with Crippen molar-refractivity contribution >= 4 is 23.2 Å². The van der Waals surface area contributed by atoms with Crippen molar-refractivity contribution in [3.8, 4) is 0 Å². The zero-order chi connectivity index (χ0) is 17.9. The Labute approximate surface area is 142 Å². The van der Waals surface area contributed by atoms with Crippen LogP contribution in [0.5, 0.6) is 0 Å². The number of carbonyl (C=O) groups excluding carboxylic acids is 2. The number of aromatic nitrogens is 2. The van der Waals surface area contributed by atoms with E-state index in [0.29, 0.717) is 22.6 Å². The maximum atomic E-state index is 12.4. The highest BCUT2D eigenvalue weighted by Crippen LogP contribution is 2.25. The molecule has 2 rings (SSSR count). The van der Waals surface area contributed by atoms with E-state index in [4.69, 9.17) is 0 Å². The van der Waals surface area contributed by atoms with E-state index in [0.717, 1.165) is 12.0 Å². The van der Waals surface area contributed by atoms with E-state index < -0.39 is 0 Å². The van der Waals surface area contributed by atoms with Gasteiger partial charge in [-0.25, -0.2) is 0 Å². The quantitative estimate of drug-likeness (QED) is 0.884. The maximum absolute atomic E-state index is 12.4. The van der Waals surface area contributed by atoms with E-state index in [1.165, 1.54) is 0 Å². The van der Waals surface area contributed by atoms with Gasteiger partial charge >= 0.3 is 0 Å². The Bertz CT molecular complexity index is 764. The first-order chi connectivity index (χ1) is 11.3. The van der Waals surface area contributed by atoms with Crippen LogP contribution in [0.1, 0.15) is 41.9 Å². The van der Waals surface area contributed by atoms with Crippen LogP contribution in [0.25, 0.3) is 0 Å². The lowest BCUT2D eigenvalue weighted by atomic mass is 10.1. The Hall–Kier alpha value is -2.63. The third kappa shape index (κ3) is 3.82. The second-order valence-electron chi connectivity index (χ2n) is 6.03. The second-order valence-corrected chi connectivity index (χ2v) is 6.03. The fourth-order valence-electron chi connectivity index (χ4n) is 2.36. The van der Waals surface area contributed by atoms with Crippen molar-refractivity contribution in [1.29, 1.82) is 0 Å². The van der Waals surface area contributed by atoms with E-state index >= 15 is 0 Å². The number of aryl methyl sites for hydroxylation is 2. The molecule has 1 unspecified atom stereocenters. The van der Waals surface area contributed by atoms with Gasteiger partial charge in [0.2, 0.25) is 5.91 Å². The number of carbonyl (C=O) groups is 2. The molecule has 24 heavy (non-hydrogen) atoms. The number of anilines is 2. The number of nitrogens with zero attached hydrogens (tertiary/aromatic N) is 2. The highest BCUT2D eigenvalue weighted by molar-refractivity contribution is 6.06. The summed E-state index contributed by atoms with van der Waals surface area (Å²) in [5, 5.41) is 10.00. The monoisotopic (exact) mass is 328 g/mol. The molecule has 1 aromatic carbocycles. The summed E-state index contributed by atoms with van der Waals surface area (Å²) in [5.41, 5.74) is 3.41. The van der Waals surface area contributed by atoms with E-state index in [9.17, 15) is 9.59 Å². The predicted octanol–water partition coefficient (Wildman–Crippen LogP) is 3.27. The molecule has 1 atom stereocenters. The Balaban J connectivity index is 2.20. The molecule has 6 heteroatoms. The van der Waals surface area contributed by atoms with E-state index in [1.807, 2.05) is 39.0 Å². The molecular formula is C18H24N4O2. The topological polar surface area (TPSA) is 76.0 Å². The van der Waals surface area contributed by atoms with E-state index in [1.54, 1.807) is 24.9 Å². The smallest absolute Gasteiger partial charge is 0.259 e. The minimum Gasteiger partial charge on any atom is -0.326 e. The van der Waals surface area contributed by atoms with Gasteiger partial charge in [0.05, 0.1) is 11.3 Å². The summed E-state index contributed by atoms with van der Waals surface area (Å²) >= 11 is 0. The first-order valence-corrected chi connectivity index (χ1v) is 8.05. The van der Waals surface area contributed by atoms with Crippen LogP contribution in [-0.4, -0.2) is 21.6 Å². The van der Waals surface area contributed by atoms with Gasteiger partial charge in [-0.1, -0.05) is 19.9 Å². The molecule has 2 amide bonds. The normalized spacial score (nSPS) is 11.9. The van der Waals surface area contributed by atoms with Gasteiger partial charge in [0.1, 0.15) is 0 Å². The number of hydrogen-bond donors (Lipinski definition) is 2. The lowest BCUT2D eigenvalue weighted by Gasteiger charge is -2.15. The molecule has 0 fully saturated rings. The number of nitrogens with one attached hydrogen (secondary N) is 2. The standard InChI is InChI=1S/C18H24N4O2/c1-6-11(2)17(23)19-15-8-7-9-16(12(15)3)20-18(24)14-10-22(5)21-13(14)4/h7-11H,6H2,1-5H3,(H,19,23)(H,20,24). The van der Waals surface area contributed by atoms with Gasteiger partial charge in [-0.15, -0.1) is 0 Å². The molecule has 0 radical (unpaired) electrons. The molecule has 0 saturated heterocycles. The predicted molar refractivity (Wildman–Crippen MR) is 95.2 cm³/mol. The van der Waals surface area contributed by atoms with Crippen molar-refractivity contribution in [2.45, 2.75) is 34.1 Å². The summed E-state index contributed by atoms with van der Waals surface area (Å²) in [5.74, 6) is -0.290.